The molecule has 104 valence electrons. The fraction of sp³-hybridized carbons (Fsp3) is 0.200. The predicted molar refractivity (Wildman–Crippen MR) is 82.9 cm³/mol. The molecule has 0 aliphatic rings. The third-order valence-electron chi connectivity index (χ3n) is 3.01. The average molecular weight is 309 g/mol. The Kier molecular flexibility index (Phi) is 4.31. The molecule has 1 heterocycles. The van der Waals surface area contributed by atoms with Gasteiger partial charge in [0.25, 0.3) is 5.91 Å². The lowest BCUT2D eigenvalue weighted by Crippen LogP contribution is -2.15. The Hall–Kier alpha value is -1.58. The topological polar surface area (TPSA) is 42.0 Å². The third kappa shape index (κ3) is 3.11. The van der Waals surface area contributed by atoms with Crippen LogP contribution < -0.4 is 5.32 Å². The number of nitrogens with one attached hydrogen (secondary N) is 1. The highest BCUT2D eigenvalue weighted by Gasteiger charge is 2.16. The molecule has 0 fully saturated rings. The number of carbonyl (C=O) groups is 1. The van der Waals surface area contributed by atoms with Gasteiger partial charge in [0.2, 0.25) is 0 Å². The van der Waals surface area contributed by atoms with Gasteiger partial charge in [0.05, 0.1) is 5.56 Å². The van der Waals surface area contributed by atoms with Gasteiger partial charge in [0.15, 0.2) is 0 Å². The molecule has 5 heteroatoms. The van der Waals surface area contributed by atoms with Crippen LogP contribution in [-0.2, 0) is 0 Å². The highest BCUT2D eigenvalue weighted by Crippen LogP contribution is 2.24. The van der Waals surface area contributed by atoms with Crippen molar-refractivity contribution in [1.29, 1.82) is 0 Å². The van der Waals surface area contributed by atoms with Crippen LogP contribution >= 0.6 is 23.2 Å². The van der Waals surface area contributed by atoms with Gasteiger partial charge in [0.1, 0.15) is 10.3 Å². The van der Waals surface area contributed by atoms with Crippen molar-refractivity contribution in [3.63, 3.8) is 0 Å². The molecule has 20 heavy (non-hydrogen) atoms. The number of pyridine rings is 1. The van der Waals surface area contributed by atoms with Crippen LogP contribution in [0.3, 0.4) is 0 Å². The first-order chi connectivity index (χ1) is 9.38. The van der Waals surface area contributed by atoms with Gasteiger partial charge < -0.3 is 5.32 Å². The fourth-order valence-corrected chi connectivity index (χ4v) is 2.54. The summed E-state index contributed by atoms with van der Waals surface area (Å²) in [5, 5.41) is 3.24. The molecular weight excluding hydrogens is 295 g/mol. The van der Waals surface area contributed by atoms with Crippen LogP contribution in [0.5, 0.6) is 0 Å². The van der Waals surface area contributed by atoms with Gasteiger partial charge in [-0.15, -0.1) is 0 Å². The second-order valence-corrected chi connectivity index (χ2v) is 5.45. The first kappa shape index (κ1) is 14.8. The number of benzene rings is 1. The zero-order valence-electron chi connectivity index (χ0n) is 11.4. The van der Waals surface area contributed by atoms with Crippen LogP contribution in [0.15, 0.2) is 24.3 Å². The molecule has 0 saturated carbocycles. The van der Waals surface area contributed by atoms with Gasteiger partial charge in [-0.05, 0) is 49.6 Å². The van der Waals surface area contributed by atoms with Crippen molar-refractivity contribution < 1.29 is 4.79 Å². The summed E-state index contributed by atoms with van der Waals surface area (Å²) in [7, 11) is 0. The summed E-state index contributed by atoms with van der Waals surface area (Å²) in [5.74, 6) is -0.287. The molecule has 0 aliphatic carbocycles. The Morgan fingerprint density at radius 3 is 2.45 bits per heavy atom. The summed E-state index contributed by atoms with van der Waals surface area (Å²) in [6, 6.07) is 7.48. The Morgan fingerprint density at radius 2 is 1.80 bits per heavy atom. The second-order valence-electron chi connectivity index (χ2n) is 4.70. The lowest BCUT2D eigenvalue weighted by atomic mass is 10.1. The van der Waals surface area contributed by atoms with E-state index in [0.29, 0.717) is 11.1 Å². The van der Waals surface area contributed by atoms with E-state index in [9.17, 15) is 4.79 Å². The smallest absolute Gasteiger partial charge is 0.259 e. The number of nitrogens with zero attached hydrogens (tertiary/aromatic N) is 1. The van der Waals surface area contributed by atoms with Crippen molar-refractivity contribution in [2.45, 2.75) is 20.8 Å². The number of rotatable bonds is 2. The lowest BCUT2D eigenvalue weighted by Gasteiger charge is -2.12. The maximum atomic E-state index is 12.4. The van der Waals surface area contributed by atoms with Crippen LogP contribution in [-0.4, -0.2) is 10.9 Å². The minimum absolute atomic E-state index is 0.109. The molecule has 2 aromatic rings. The number of carbonyl (C=O) groups excluding carboxylic acids is 1. The van der Waals surface area contributed by atoms with Crippen molar-refractivity contribution in [2.24, 2.45) is 0 Å². The Bertz CT molecular complexity index is 661. The minimum Gasteiger partial charge on any atom is -0.322 e. The first-order valence-electron chi connectivity index (χ1n) is 6.09. The molecule has 1 aromatic heterocycles. The standard InChI is InChI=1S/C15H14Cl2N2O/c1-8-4-5-9(2)11(6-8)18-15(20)13-10(3)7-12(16)19-14(13)17/h4-7H,1-3H3,(H,18,20). The quantitative estimate of drug-likeness (QED) is 0.826. The van der Waals surface area contributed by atoms with Gasteiger partial charge >= 0.3 is 0 Å². The Labute approximate surface area is 127 Å². The van der Waals surface area contributed by atoms with E-state index in [1.807, 2.05) is 32.0 Å². The molecule has 0 atom stereocenters. The molecule has 2 rings (SSSR count). The van der Waals surface area contributed by atoms with Gasteiger partial charge in [-0.3, -0.25) is 4.79 Å². The SMILES string of the molecule is Cc1ccc(C)c(NC(=O)c2c(C)cc(Cl)nc2Cl)c1. The first-order valence-corrected chi connectivity index (χ1v) is 6.85. The number of anilines is 1. The van der Waals surface area contributed by atoms with Gasteiger partial charge in [-0.1, -0.05) is 35.3 Å². The summed E-state index contributed by atoms with van der Waals surface area (Å²) in [5.41, 5.74) is 3.86. The van der Waals surface area contributed by atoms with E-state index in [4.69, 9.17) is 23.2 Å². The lowest BCUT2D eigenvalue weighted by molar-refractivity contribution is 0.102. The van der Waals surface area contributed by atoms with Crippen molar-refractivity contribution in [3.05, 3.63) is 56.8 Å². The minimum atomic E-state index is -0.287. The van der Waals surface area contributed by atoms with Crippen LogP contribution in [0, 0.1) is 20.8 Å². The summed E-state index contributed by atoms with van der Waals surface area (Å²) in [4.78, 5) is 16.3. The van der Waals surface area contributed by atoms with E-state index in [1.54, 1.807) is 13.0 Å². The molecule has 3 nitrogen and oxygen atoms in total. The normalized spacial score (nSPS) is 10.4. The second kappa shape index (κ2) is 5.81. The third-order valence-corrected chi connectivity index (χ3v) is 3.48. The van der Waals surface area contributed by atoms with E-state index in [2.05, 4.69) is 10.3 Å². The van der Waals surface area contributed by atoms with Crippen LogP contribution in [0.4, 0.5) is 5.69 Å². The number of hydrogen-bond donors (Lipinski definition) is 1. The van der Waals surface area contributed by atoms with E-state index < -0.39 is 0 Å². The largest absolute Gasteiger partial charge is 0.322 e. The summed E-state index contributed by atoms with van der Waals surface area (Å²) in [6.07, 6.45) is 0. The van der Waals surface area contributed by atoms with E-state index >= 15 is 0 Å². The number of hydrogen-bond acceptors (Lipinski definition) is 2. The van der Waals surface area contributed by atoms with Crippen LogP contribution in [0.25, 0.3) is 0 Å². The number of halogens is 2. The Morgan fingerprint density at radius 1 is 1.10 bits per heavy atom. The number of aromatic nitrogens is 1. The highest BCUT2D eigenvalue weighted by molar-refractivity contribution is 6.35. The van der Waals surface area contributed by atoms with E-state index in [1.165, 1.54) is 0 Å². The predicted octanol–water partition coefficient (Wildman–Crippen LogP) is 4.57. The van der Waals surface area contributed by atoms with Crippen molar-refractivity contribution >= 4 is 34.8 Å². The van der Waals surface area contributed by atoms with Crippen molar-refractivity contribution in [2.75, 3.05) is 5.32 Å². The average Bonchev–Trinajstić information content (AvgIpc) is 2.32. The van der Waals surface area contributed by atoms with Crippen molar-refractivity contribution in [1.82, 2.24) is 4.98 Å². The van der Waals surface area contributed by atoms with Gasteiger partial charge in [0, 0.05) is 5.69 Å². The highest BCUT2D eigenvalue weighted by atomic mass is 35.5. The number of amides is 1. The Balaban J connectivity index is 2.36. The summed E-state index contributed by atoms with van der Waals surface area (Å²) < 4.78 is 0. The maximum absolute atomic E-state index is 12.4. The molecule has 0 saturated heterocycles. The zero-order valence-corrected chi connectivity index (χ0v) is 12.9. The molecule has 1 aromatic carbocycles. The van der Waals surface area contributed by atoms with Crippen molar-refractivity contribution in [3.8, 4) is 0 Å². The van der Waals surface area contributed by atoms with Crippen LogP contribution in [0.1, 0.15) is 27.0 Å². The maximum Gasteiger partial charge on any atom is 0.259 e. The molecule has 0 bridgehead atoms. The molecule has 0 aliphatic heterocycles. The zero-order chi connectivity index (χ0) is 14.9. The monoisotopic (exact) mass is 308 g/mol. The molecule has 1 N–H and O–H groups in total. The molecule has 0 radical (unpaired) electrons. The van der Waals surface area contributed by atoms with Crippen LogP contribution in [0.2, 0.25) is 10.3 Å². The molecule has 0 spiro atoms. The molecular formula is C15H14Cl2N2O. The summed E-state index contributed by atoms with van der Waals surface area (Å²) in [6.45, 7) is 5.68. The molecule has 0 unspecified atom stereocenters. The fourth-order valence-electron chi connectivity index (χ4n) is 1.92. The van der Waals surface area contributed by atoms with E-state index in [-0.39, 0.29) is 16.2 Å². The van der Waals surface area contributed by atoms with Gasteiger partial charge in [-0.2, -0.15) is 0 Å². The summed E-state index contributed by atoms with van der Waals surface area (Å²) >= 11 is 11.8. The number of aryl methyl sites for hydroxylation is 3. The molecule has 1 amide bonds. The van der Waals surface area contributed by atoms with E-state index in [0.717, 1.165) is 16.8 Å². The van der Waals surface area contributed by atoms with Gasteiger partial charge in [-0.25, -0.2) is 4.98 Å².